The van der Waals surface area contributed by atoms with Crippen molar-refractivity contribution in [2.75, 3.05) is 4.72 Å². The van der Waals surface area contributed by atoms with Crippen molar-refractivity contribution < 1.29 is 13.2 Å². The van der Waals surface area contributed by atoms with Gasteiger partial charge in [-0.15, -0.1) is 0 Å². The lowest BCUT2D eigenvalue weighted by Crippen LogP contribution is -2.23. The number of halogens is 1. The summed E-state index contributed by atoms with van der Waals surface area (Å²) in [5, 5.41) is 3.36. The average Bonchev–Trinajstić information content (AvgIpc) is 2.70. The quantitative estimate of drug-likeness (QED) is 0.598. The third-order valence-corrected chi connectivity index (χ3v) is 6.42. The molecule has 0 aliphatic rings. The minimum Gasteiger partial charge on any atom is -0.348 e. The van der Waals surface area contributed by atoms with Crippen molar-refractivity contribution in [3.8, 4) is 0 Å². The number of hydrogen-bond acceptors (Lipinski definition) is 3. The maximum Gasteiger partial charge on any atom is 0.261 e. The third kappa shape index (κ3) is 4.96. The first-order valence-corrected chi connectivity index (χ1v) is 10.8. The largest absolute Gasteiger partial charge is 0.348 e. The van der Waals surface area contributed by atoms with Gasteiger partial charge < -0.3 is 5.32 Å². The first-order valence-electron chi connectivity index (χ1n) is 8.98. The monoisotopic (exact) mass is 428 g/mol. The molecule has 0 saturated carbocycles. The van der Waals surface area contributed by atoms with E-state index in [1.54, 1.807) is 18.2 Å². The Hall–Kier alpha value is -2.83. The van der Waals surface area contributed by atoms with Crippen LogP contribution in [0.25, 0.3) is 0 Å². The Labute approximate surface area is 175 Å². The molecule has 29 heavy (non-hydrogen) atoms. The number of benzene rings is 3. The number of rotatable bonds is 6. The van der Waals surface area contributed by atoms with Gasteiger partial charge in [0.25, 0.3) is 15.9 Å². The van der Waals surface area contributed by atoms with Gasteiger partial charge in [-0.1, -0.05) is 41.9 Å². The van der Waals surface area contributed by atoms with E-state index in [-0.39, 0.29) is 17.3 Å². The number of carbonyl (C=O) groups is 1. The van der Waals surface area contributed by atoms with Crippen LogP contribution < -0.4 is 10.0 Å². The normalized spacial score (nSPS) is 11.1. The van der Waals surface area contributed by atoms with Crippen LogP contribution in [-0.2, 0) is 16.6 Å². The summed E-state index contributed by atoms with van der Waals surface area (Å²) in [6, 6.07) is 18.5. The zero-order valence-corrected chi connectivity index (χ0v) is 17.6. The van der Waals surface area contributed by atoms with Crippen LogP contribution in [0.15, 0.2) is 71.6 Å². The summed E-state index contributed by atoms with van der Waals surface area (Å²) < 4.78 is 27.9. The topological polar surface area (TPSA) is 75.3 Å². The average molecular weight is 429 g/mol. The molecule has 0 saturated heterocycles. The fourth-order valence-corrected chi connectivity index (χ4v) is 4.10. The van der Waals surface area contributed by atoms with E-state index >= 15 is 0 Å². The molecule has 0 aliphatic heterocycles. The second kappa shape index (κ2) is 8.68. The molecular weight excluding hydrogens is 408 g/mol. The lowest BCUT2D eigenvalue weighted by Gasteiger charge is -2.12. The van der Waals surface area contributed by atoms with Gasteiger partial charge in [-0.2, -0.15) is 0 Å². The summed E-state index contributed by atoms with van der Waals surface area (Å²) in [4.78, 5) is 12.4. The van der Waals surface area contributed by atoms with Gasteiger partial charge in [0.15, 0.2) is 0 Å². The second-order valence-corrected chi connectivity index (χ2v) is 8.74. The molecule has 0 heterocycles. The van der Waals surface area contributed by atoms with Gasteiger partial charge in [0.1, 0.15) is 0 Å². The first-order chi connectivity index (χ1) is 13.8. The van der Waals surface area contributed by atoms with Gasteiger partial charge in [-0.3, -0.25) is 9.52 Å². The van der Waals surface area contributed by atoms with Crippen molar-refractivity contribution in [2.24, 2.45) is 0 Å². The van der Waals surface area contributed by atoms with Crippen LogP contribution in [0.4, 0.5) is 5.69 Å². The summed E-state index contributed by atoms with van der Waals surface area (Å²) in [7, 11) is -3.76. The van der Waals surface area contributed by atoms with Crippen LogP contribution in [0.1, 0.15) is 27.0 Å². The molecule has 0 aliphatic carbocycles. The molecular formula is C22H21ClN2O3S. The van der Waals surface area contributed by atoms with E-state index < -0.39 is 10.0 Å². The second-order valence-electron chi connectivity index (χ2n) is 6.65. The molecule has 3 aromatic rings. The van der Waals surface area contributed by atoms with E-state index in [1.807, 2.05) is 38.1 Å². The minimum absolute atomic E-state index is 0.0843. The summed E-state index contributed by atoms with van der Waals surface area (Å²) in [5.41, 5.74) is 3.57. The van der Waals surface area contributed by atoms with E-state index in [9.17, 15) is 13.2 Å². The summed E-state index contributed by atoms with van der Waals surface area (Å²) >= 11 is 6.09. The standard InChI is InChI=1S/C22H21ClN2O3S/c1-15-6-5-9-21(16(15)2)25-29(27,28)19-12-10-17(11-13-19)22(26)24-14-18-7-3-4-8-20(18)23/h3-13,25H,14H2,1-2H3,(H,24,26). The maximum absolute atomic E-state index is 12.7. The highest BCUT2D eigenvalue weighted by Gasteiger charge is 2.16. The minimum atomic E-state index is -3.76. The molecule has 3 rings (SSSR count). The Morgan fingerprint density at radius 3 is 2.31 bits per heavy atom. The Bertz CT molecular complexity index is 1140. The van der Waals surface area contributed by atoms with E-state index in [0.717, 1.165) is 16.7 Å². The molecule has 0 bridgehead atoms. The molecule has 7 heteroatoms. The molecule has 0 unspecified atom stereocenters. The van der Waals surface area contributed by atoms with Crippen LogP contribution in [0, 0.1) is 13.8 Å². The number of anilines is 1. The Balaban J connectivity index is 1.71. The van der Waals surface area contributed by atoms with Crippen molar-refractivity contribution in [3.63, 3.8) is 0 Å². The Kier molecular flexibility index (Phi) is 6.25. The van der Waals surface area contributed by atoms with Crippen LogP contribution >= 0.6 is 11.6 Å². The fourth-order valence-electron chi connectivity index (χ4n) is 2.77. The number of sulfonamides is 1. The number of hydrogen-bond donors (Lipinski definition) is 2. The zero-order chi connectivity index (χ0) is 21.0. The Morgan fingerprint density at radius 2 is 1.62 bits per heavy atom. The van der Waals surface area contributed by atoms with E-state index in [4.69, 9.17) is 11.6 Å². The van der Waals surface area contributed by atoms with Crippen molar-refractivity contribution in [3.05, 3.63) is 94.0 Å². The van der Waals surface area contributed by atoms with E-state index in [1.165, 1.54) is 24.3 Å². The van der Waals surface area contributed by atoms with Gasteiger partial charge in [0.2, 0.25) is 0 Å². The number of nitrogens with one attached hydrogen (secondary N) is 2. The molecule has 0 aromatic heterocycles. The van der Waals surface area contributed by atoms with Crippen LogP contribution in [0.5, 0.6) is 0 Å². The molecule has 3 aromatic carbocycles. The molecule has 0 radical (unpaired) electrons. The highest BCUT2D eigenvalue weighted by molar-refractivity contribution is 7.92. The number of amides is 1. The molecule has 1 amide bonds. The van der Waals surface area contributed by atoms with Gasteiger partial charge >= 0.3 is 0 Å². The van der Waals surface area contributed by atoms with Gasteiger partial charge in [0, 0.05) is 17.1 Å². The van der Waals surface area contributed by atoms with E-state index in [2.05, 4.69) is 10.0 Å². The highest BCUT2D eigenvalue weighted by atomic mass is 35.5. The van der Waals surface area contributed by atoms with Crippen molar-refractivity contribution in [1.29, 1.82) is 0 Å². The van der Waals surface area contributed by atoms with Crippen LogP contribution in [0.3, 0.4) is 0 Å². The lowest BCUT2D eigenvalue weighted by molar-refractivity contribution is 0.0951. The number of carbonyl (C=O) groups excluding carboxylic acids is 1. The van der Waals surface area contributed by atoms with Crippen LogP contribution in [0.2, 0.25) is 5.02 Å². The molecule has 2 N–H and O–H groups in total. The summed E-state index contributed by atoms with van der Waals surface area (Å²) in [5.74, 6) is -0.309. The van der Waals surface area contributed by atoms with Gasteiger partial charge in [-0.05, 0) is 66.9 Å². The molecule has 0 fully saturated rings. The van der Waals surface area contributed by atoms with Crippen LogP contribution in [-0.4, -0.2) is 14.3 Å². The zero-order valence-electron chi connectivity index (χ0n) is 16.1. The summed E-state index contributed by atoms with van der Waals surface area (Å²) in [6.45, 7) is 4.07. The predicted molar refractivity (Wildman–Crippen MR) is 116 cm³/mol. The molecule has 5 nitrogen and oxygen atoms in total. The summed E-state index contributed by atoms with van der Waals surface area (Å²) in [6.07, 6.45) is 0. The maximum atomic E-state index is 12.7. The third-order valence-electron chi connectivity index (χ3n) is 4.67. The Morgan fingerprint density at radius 1 is 0.931 bits per heavy atom. The molecule has 150 valence electrons. The molecule has 0 atom stereocenters. The predicted octanol–water partition coefficient (Wildman–Crippen LogP) is 4.69. The van der Waals surface area contributed by atoms with Gasteiger partial charge in [-0.25, -0.2) is 8.42 Å². The fraction of sp³-hybridized carbons (Fsp3) is 0.136. The number of aryl methyl sites for hydroxylation is 1. The molecule has 0 spiro atoms. The van der Waals surface area contributed by atoms with Crippen molar-refractivity contribution in [1.82, 2.24) is 5.32 Å². The highest BCUT2D eigenvalue weighted by Crippen LogP contribution is 2.22. The lowest BCUT2D eigenvalue weighted by atomic mass is 10.1. The van der Waals surface area contributed by atoms with Gasteiger partial charge in [0.05, 0.1) is 10.6 Å². The van der Waals surface area contributed by atoms with Crippen molar-refractivity contribution in [2.45, 2.75) is 25.3 Å². The van der Waals surface area contributed by atoms with Crippen molar-refractivity contribution >= 4 is 33.2 Å². The SMILES string of the molecule is Cc1cccc(NS(=O)(=O)c2ccc(C(=O)NCc3ccccc3Cl)cc2)c1C. The first kappa shape index (κ1) is 20.9. The van der Waals surface area contributed by atoms with E-state index in [0.29, 0.717) is 16.3 Å². The smallest absolute Gasteiger partial charge is 0.261 e.